The van der Waals surface area contributed by atoms with Crippen molar-refractivity contribution in [2.75, 3.05) is 39.4 Å². The zero-order valence-corrected chi connectivity index (χ0v) is 19.9. The molecule has 1 atom stereocenters. The summed E-state index contributed by atoms with van der Waals surface area (Å²) < 4.78 is 7.15. The van der Waals surface area contributed by atoms with Gasteiger partial charge in [-0.15, -0.1) is 0 Å². The summed E-state index contributed by atoms with van der Waals surface area (Å²) in [5.41, 5.74) is 1.40. The molecule has 31 heavy (non-hydrogen) atoms. The molecule has 4 rings (SSSR count). The third-order valence-electron chi connectivity index (χ3n) is 5.60. The first-order valence-electron chi connectivity index (χ1n) is 10.1. The van der Waals surface area contributed by atoms with Crippen LogP contribution in [0, 0.1) is 0 Å². The highest BCUT2D eigenvalue weighted by Gasteiger charge is 2.46. The Morgan fingerprint density at radius 1 is 0.935 bits per heavy atom. The number of likely N-dealkylation sites (tertiary alicyclic amines) is 1. The molecule has 1 N–H and O–H groups in total. The molecule has 2 aromatic carbocycles. The van der Waals surface area contributed by atoms with Gasteiger partial charge >= 0.3 is 0 Å². The standard InChI is InChI=1S/C23H22Br2N2O4/c24-17-5-1-15(2-6-17)20-19(21(28)16-3-7-18(25)8-4-16)22(29)23(30)27(20)10-9-26-11-13-31-14-12-26/h1-8,20,28H,9-14H2/t20-/m0/s1. The summed E-state index contributed by atoms with van der Waals surface area (Å²) in [7, 11) is 0. The van der Waals surface area contributed by atoms with Crippen molar-refractivity contribution in [1.29, 1.82) is 0 Å². The second kappa shape index (κ2) is 9.65. The van der Waals surface area contributed by atoms with Gasteiger partial charge in [-0.3, -0.25) is 14.5 Å². The number of Topliss-reactive ketones (excluding diaryl/α,β-unsaturated/α-hetero) is 1. The summed E-state index contributed by atoms with van der Waals surface area (Å²) in [5.74, 6) is -1.40. The Balaban J connectivity index is 1.72. The molecule has 8 heteroatoms. The lowest BCUT2D eigenvalue weighted by molar-refractivity contribution is -0.140. The summed E-state index contributed by atoms with van der Waals surface area (Å²) in [5, 5.41) is 11.0. The van der Waals surface area contributed by atoms with Crippen molar-refractivity contribution in [3.8, 4) is 0 Å². The molecule has 0 unspecified atom stereocenters. The summed E-state index contributed by atoms with van der Waals surface area (Å²) in [6.07, 6.45) is 0. The number of ether oxygens (including phenoxy) is 1. The molecule has 2 aromatic rings. The maximum atomic E-state index is 13.0. The Bertz CT molecular complexity index is 999. The molecule has 0 spiro atoms. The molecule has 2 heterocycles. The van der Waals surface area contributed by atoms with Crippen LogP contribution in [0.1, 0.15) is 17.2 Å². The Labute approximate surface area is 197 Å². The summed E-state index contributed by atoms with van der Waals surface area (Å²) in [6.45, 7) is 3.96. The predicted molar refractivity (Wildman–Crippen MR) is 125 cm³/mol. The van der Waals surface area contributed by atoms with Gasteiger partial charge in [-0.05, 0) is 29.8 Å². The van der Waals surface area contributed by atoms with E-state index in [4.69, 9.17) is 4.74 Å². The zero-order valence-electron chi connectivity index (χ0n) is 16.8. The third kappa shape index (κ3) is 4.77. The molecule has 0 aromatic heterocycles. The van der Waals surface area contributed by atoms with Gasteiger partial charge < -0.3 is 14.7 Å². The summed E-state index contributed by atoms with van der Waals surface area (Å²) >= 11 is 6.81. The average molecular weight is 550 g/mol. The number of aliphatic hydroxyl groups is 1. The van der Waals surface area contributed by atoms with Gasteiger partial charge in [0.1, 0.15) is 5.76 Å². The van der Waals surface area contributed by atoms with Gasteiger partial charge in [0.2, 0.25) is 0 Å². The van der Waals surface area contributed by atoms with E-state index < -0.39 is 17.7 Å². The van der Waals surface area contributed by atoms with Crippen LogP contribution in [-0.4, -0.2) is 66.0 Å². The minimum Gasteiger partial charge on any atom is -0.507 e. The van der Waals surface area contributed by atoms with Crippen molar-refractivity contribution in [1.82, 2.24) is 9.80 Å². The van der Waals surface area contributed by atoms with Crippen molar-refractivity contribution in [3.63, 3.8) is 0 Å². The third-order valence-corrected chi connectivity index (χ3v) is 6.66. The van der Waals surface area contributed by atoms with E-state index in [1.807, 2.05) is 24.3 Å². The van der Waals surface area contributed by atoms with Crippen LogP contribution in [0.5, 0.6) is 0 Å². The minimum atomic E-state index is -0.657. The van der Waals surface area contributed by atoms with Crippen LogP contribution in [0.15, 0.2) is 63.0 Å². The lowest BCUT2D eigenvalue weighted by atomic mass is 9.95. The van der Waals surface area contributed by atoms with E-state index in [9.17, 15) is 14.7 Å². The molecule has 2 fully saturated rings. The lowest BCUT2D eigenvalue weighted by Gasteiger charge is -2.31. The number of morpholine rings is 1. The van der Waals surface area contributed by atoms with Crippen LogP contribution >= 0.6 is 31.9 Å². The second-order valence-electron chi connectivity index (χ2n) is 7.50. The maximum Gasteiger partial charge on any atom is 0.295 e. The SMILES string of the molecule is O=C1C(=O)N(CCN2CCOCC2)[C@@H](c2ccc(Br)cc2)C1=C(O)c1ccc(Br)cc1. The van der Waals surface area contributed by atoms with Gasteiger partial charge in [-0.2, -0.15) is 0 Å². The number of aliphatic hydroxyl groups excluding tert-OH is 1. The van der Waals surface area contributed by atoms with Crippen LogP contribution in [0.3, 0.4) is 0 Å². The first-order valence-corrected chi connectivity index (χ1v) is 11.6. The van der Waals surface area contributed by atoms with Crippen molar-refractivity contribution in [2.45, 2.75) is 6.04 Å². The van der Waals surface area contributed by atoms with E-state index in [1.54, 1.807) is 29.2 Å². The van der Waals surface area contributed by atoms with Crippen LogP contribution in [0.4, 0.5) is 0 Å². The van der Waals surface area contributed by atoms with Crippen LogP contribution in [0.25, 0.3) is 5.76 Å². The van der Waals surface area contributed by atoms with Gasteiger partial charge in [-0.25, -0.2) is 0 Å². The number of carbonyl (C=O) groups excluding carboxylic acids is 2. The first kappa shape index (κ1) is 22.2. The molecule has 0 saturated carbocycles. The van der Waals surface area contributed by atoms with Gasteiger partial charge in [-0.1, -0.05) is 56.1 Å². The zero-order chi connectivity index (χ0) is 22.0. The molecule has 162 valence electrons. The van der Waals surface area contributed by atoms with Crippen LogP contribution in [-0.2, 0) is 14.3 Å². The fraction of sp³-hybridized carbons (Fsp3) is 0.304. The fourth-order valence-corrected chi connectivity index (χ4v) is 4.47. The van der Waals surface area contributed by atoms with Crippen LogP contribution < -0.4 is 0 Å². The highest BCUT2D eigenvalue weighted by atomic mass is 79.9. The topological polar surface area (TPSA) is 70.1 Å². The van der Waals surface area contributed by atoms with Gasteiger partial charge in [0.25, 0.3) is 11.7 Å². The number of amides is 1. The number of carbonyl (C=O) groups is 2. The summed E-state index contributed by atoms with van der Waals surface area (Å²) in [6, 6.07) is 13.9. The van der Waals surface area contributed by atoms with E-state index in [2.05, 4.69) is 36.8 Å². The number of rotatable bonds is 5. The van der Waals surface area contributed by atoms with E-state index in [-0.39, 0.29) is 11.3 Å². The largest absolute Gasteiger partial charge is 0.507 e. The summed E-state index contributed by atoms with van der Waals surface area (Å²) in [4.78, 5) is 29.8. The molecule has 0 bridgehead atoms. The molecule has 0 radical (unpaired) electrons. The maximum absolute atomic E-state index is 13.0. The van der Waals surface area contributed by atoms with Gasteiger partial charge in [0.05, 0.1) is 24.8 Å². The molecular formula is C23H22Br2N2O4. The Morgan fingerprint density at radius 3 is 2.13 bits per heavy atom. The monoisotopic (exact) mass is 548 g/mol. The van der Waals surface area contributed by atoms with Crippen molar-refractivity contribution < 1.29 is 19.4 Å². The van der Waals surface area contributed by atoms with E-state index in [0.717, 1.165) is 27.6 Å². The number of hydrogen-bond donors (Lipinski definition) is 1. The minimum absolute atomic E-state index is 0.122. The fourth-order valence-electron chi connectivity index (χ4n) is 3.94. The number of ketones is 1. The number of hydrogen-bond acceptors (Lipinski definition) is 5. The lowest BCUT2D eigenvalue weighted by Crippen LogP contribution is -2.42. The first-order chi connectivity index (χ1) is 15.0. The van der Waals surface area contributed by atoms with E-state index in [1.165, 1.54) is 0 Å². The van der Waals surface area contributed by atoms with Crippen LogP contribution in [0.2, 0.25) is 0 Å². The van der Waals surface area contributed by atoms with Gasteiger partial charge in [0, 0.05) is 40.7 Å². The molecule has 2 aliphatic rings. The molecule has 1 amide bonds. The predicted octanol–water partition coefficient (Wildman–Crippen LogP) is 3.97. The van der Waals surface area contributed by atoms with Crippen molar-refractivity contribution >= 4 is 49.3 Å². The highest BCUT2D eigenvalue weighted by Crippen LogP contribution is 2.39. The molecular weight excluding hydrogens is 528 g/mol. The van der Waals surface area contributed by atoms with Crippen molar-refractivity contribution in [2.24, 2.45) is 0 Å². The second-order valence-corrected chi connectivity index (χ2v) is 9.34. The number of benzene rings is 2. The number of halogens is 2. The molecule has 2 saturated heterocycles. The quantitative estimate of drug-likeness (QED) is 0.347. The molecule has 6 nitrogen and oxygen atoms in total. The smallest absolute Gasteiger partial charge is 0.295 e. The van der Waals surface area contributed by atoms with Gasteiger partial charge in [0.15, 0.2) is 0 Å². The molecule has 2 aliphatic heterocycles. The Hall–Kier alpha value is -2.00. The van der Waals surface area contributed by atoms with Crippen molar-refractivity contribution in [3.05, 3.63) is 74.2 Å². The molecule has 0 aliphatic carbocycles. The number of nitrogens with zero attached hydrogens (tertiary/aromatic N) is 2. The highest BCUT2D eigenvalue weighted by molar-refractivity contribution is 9.10. The van der Waals surface area contributed by atoms with E-state index in [0.29, 0.717) is 31.9 Å². The average Bonchev–Trinajstić information content (AvgIpc) is 3.04. The Morgan fingerprint density at radius 2 is 1.52 bits per heavy atom. The van der Waals surface area contributed by atoms with E-state index >= 15 is 0 Å². The normalized spacial score (nSPS) is 21.6. The Kier molecular flexibility index (Phi) is 6.91.